The molecule has 0 aliphatic rings. The highest BCUT2D eigenvalue weighted by atomic mass is 16.8. The van der Waals surface area contributed by atoms with E-state index in [1.807, 2.05) is 27.7 Å². The second-order valence-electron chi connectivity index (χ2n) is 11.5. The first-order valence-electron chi connectivity index (χ1n) is 13.5. The van der Waals surface area contributed by atoms with Crippen LogP contribution in [0.1, 0.15) is 93.1 Å². The molecule has 0 aliphatic heterocycles. The number of ether oxygens (including phenoxy) is 5. The lowest BCUT2D eigenvalue weighted by Gasteiger charge is -2.28. The summed E-state index contributed by atoms with van der Waals surface area (Å²) in [6, 6.07) is 2.82. The zero-order chi connectivity index (χ0) is 30.8. The molecule has 3 N–H and O–H groups in total. The summed E-state index contributed by atoms with van der Waals surface area (Å²) in [6.45, 7) is 15.9. The average Bonchev–Trinajstić information content (AvgIpc) is 2.83. The van der Waals surface area contributed by atoms with Gasteiger partial charge in [-0.1, -0.05) is 40.7 Å². The monoisotopic (exact) mass is 567 g/mol. The number of carboxylic acids is 1. The maximum Gasteiger partial charge on any atom is 0.514 e. The Morgan fingerprint density at radius 3 is 1.82 bits per heavy atom. The molecule has 0 amide bonds. The lowest BCUT2D eigenvalue weighted by atomic mass is 9.82. The van der Waals surface area contributed by atoms with Gasteiger partial charge in [-0.3, -0.25) is 9.59 Å². The first kappa shape index (κ1) is 34.7. The Labute approximate surface area is 236 Å². The zero-order valence-corrected chi connectivity index (χ0v) is 25.1. The van der Waals surface area contributed by atoms with Crippen LogP contribution in [0.4, 0.5) is 9.59 Å². The summed E-state index contributed by atoms with van der Waals surface area (Å²) >= 11 is 0. The maximum atomic E-state index is 12.6. The van der Waals surface area contributed by atoms with Crippen molar-refractivity contribution in [2.45, 2.75) is 105 Å². The van der Waals surface area contributed by atoms with Crippen molar-refractivity contribution in [3.63, 3.8) is 0 Å². The number of aliphatic carboxylic acids is 1. The molecule has 11 heteroatoms. The van der Waals surface area contributed by atoms with Crippen LogP contribution in [0.25, 0.3) is 0 Å². The van der Waals surface area contributed by atoms with E-state index in [0.29, 0.717) is 18.4 Å². The van der Waals surface area contributed by atoms with Gasteiger partial charge in [-0.05, 0) is 70.1 Å². The lowest BCUT2D eigenvalue weighted by Crippen LogP contribution is -2.40. The minimum absolute atomic E-state index is 0.0865. The summed E-state index contributed by atoms with van der Waals surface area (Å²) in [7, 11) is 0. The van der Waals surface area contributed by atoms with E-state index in [4.69, 9.17) is 29.4 Å². The van der Waals surface area contributed by atoms with Crippen molar-refractivity contribution in [1.29, 1.82) is 0 Å². The Kier molecular flexibility index (Phi) is 12.9. The van der Waals surface area contributed by atoms with Gasteiger partial charge in [0.25, 0.3) is 0 Å². The molecule has 0 radical (unpaired) electrons. The summed E-state index contributed by atoms with van der Waals surface area (Å²) in [4.78, 5) is 49.1. The molecule has 11 nitrogen and oxygen atoms in total. The van der Waals surface area contributed by atoms with Crippen LogP contribution in [0.5, 0.6) is 11.5 Å². The molecule has 1 rings (SSSR count). The first-order chi connectivity index (χ1) is 18.4. The Balaban J connectivity index is 3.44. The van der Waals surface area contributed by atoms with Crippen LogP contribution in [-0.4, -0.2) is 53.2 Å². The van der Waals surface area contributed by atoms with E-state index in [0.717, 1.165) is 0 Å². The Bertz CT molecular complexity index is 1030. The van der Waals surface area contributed by atoms with Gasteiger partial charge in [-0.25, -0.2) is 9.59 Å². The maximum absolute atomic E-state index is 12.6. The van der Waals surface area contributed by atoms with E-state index in [1.165, 1.54) is 18.2 Å². The molecule has 0 bridgehead atoms. The third-order valence-electron chi connectivity index (χ3n) is 6.53. The molecule has 0 saturated carbocycles. The quantitative estimate of drug-likeness (QED) is 0.158. The van der Waals surface area contributed by atoms with Gasteiger partial charge in [0.05, 0.1) is 6.61 Å². The number of rotatable bonds is 14. The van der Waals surface area contributed by atoms with E-state index < -0.39 is 53.3 Å². The van der Waals surface area contributed by atoms with Crippen LogP contribution in [-0.2, 0) is 23.8 Å². The number of carbonyl (C=O) groups excluding carboxylic acids is 3. The van der Waals surface area contributed by atoms with Gasteiger partial charge in [-0.15, -0.1) is 0 Å². The number of benzene rings is 1. The first-order valence-corrected chi connectivity index (χ1v) is 13.5. The normalized spacial score (nSPS) is 14.1. The number of carboxylic acid groups (broad SMARTS) is 1. The zero-order valence-electron chi connectivity index (χ0n) is 25.1. The highest BCUT2D eigenvalue weighted by Gasteiger charge is 2.33. The van der Waals surface area contributed by atoms with Gasteiger partial charge in [0.2, 0.25) is 0 Å². The standard InChI is InChI=1S/C29H45NO10/c1-10-28(6,7)39-26(34)37-20-13-12-19(15-21(20)38-27(35)40-29(8,9)11-2)23(24(30)25(32)33)18(5)16-36-22(31)14-17(3)4/h12-13,15,17-18,23-24H,10-11,14,16,30H2,1-9H3,(H,32,33)/t18?,23?,24-/m0/s1. The lowest BCUT2D eigenvalue weighted by molar-refractivity contribution is -0.146. The number of hydrogen-bond acceptors (Lipinski definition) is 10. The summed E-state index contributed by atoms with van der Waals surface area (Å²) in [5, 5.41) is 9.71. The molecule has 3 atom stereocenters. The Morgan fingerprint density at radius 1 is 0.875 bits per heavy atom. The Morgan fingerprint density at radius 2 is 1.38 bits per heavy atom. The van der Waals surface area contributed by atoms with E-state index >= 15 is 0 Å². The van der Waals surface area contributed by atoms with Crippen molar-refractivity contribution in [2.75, 3.05) is 6.61 Å². The fourth-order valence-electron chi connectivity index (χ4n) is 3.48. The molecule has 1 aromatic carbocycles. The number of esters is 1. The van der Waals surface area contributed by atoms with Gasteiger partial charge in [0, 0.05) is 12.3 Å². The van der Waals surface area contributed by atoms with Gasteiger partial charge >= 0.3 is 24.2 Å². The summed E-state index contributed by atoms with van der Waals surface area (Å²) in [5.74, 6) is -3.34. The predicted molar refractivity (Wildman–Crippen MR) is 147 cm³/mol. The van der Waals surface area contributed by atoms with E-state index in [9.17, 15) is 24.3 Å². The minimum Gasteiger partial charge on any atom is -0.480 e. The van der Waals surface area contributed by atoms with Crippen molar-refractivity contribution in [1.82, 2.24) is 0 Å². The van der Waals surface area contributed by atoms with Crippen molar-refractivity contribution < 1.29 is 48.0 Å². The van der Waals surface area contributed by atoms with Gasteiger partial charge in [0.1, 0.15) is 17.2 Å². The van der Waals surface area contributed by atoms with Crippen LogP contribution in [0, 0.1) is 11.8 Å². The number of carbonyl (C=O) groups is 4. The second-order valence-corrected chi connectivity index (χ2v) is 11.5. The molecule has 0 fully saturated rings. The summed E-state index contributed by atoms with van der Waals surface area (Å²) in [5.41, 5.74) is 4.78. The molecular formula is C29H45NO10. The fourth-order valence-corrected chi connectivity index (χ4v) is 3.48. The highest BCUT2D eigenvalue weighted by molar-refractivity contribution is 5.75. The van der Waals surface area contributed by atoms with Crippen molar-refractivity contribution >= 4 is 24.2 Å². The molecule has 0 heterocycles. The summed E-state index contributed by atoms with van der Waals surface area (Å²) < 4.78 is 26.8. The molecule has 1 aromatic rings. The summed E-state index contributed by atoms with van der Waals surface area (Å²) in [6.07, 6.45) is -0.821. The van der Waals surface area contributed by atoms with E-state index in [1.54, 1.807) is 34.6 Å². The van der Waals surface area contributed by atoms with Crippen molar-refractivity contribution in [3.8, 4) is 11.5 Å². The van der Waals surface area contributed by atoms with Crippen LogP contribution in [0.15, 0.2) is 18.2 Å². The average molecular weight is 568 g/mol. The van der Waals surface area contributed by atoms with Crippen molar-refractivity contribution in [2.24, 2.45) is 17.6 Å². The fraction of sp³-hybridized carbons (Fsp3) is 0.655. The third-order valence-corrected chi connectivity index (χ3v) is 6.53. The van der Waals surface area contributed by atoms with Crippen LogP contribution >= 0.6 is 0 Å². The molecule has 0 aliphatic carbocycles. The topological polar surface area (TPSA) is 161 Å². The number of nitrogens with two attached hydrogens (primary N) is 1. The SMILES string of the molecule is CCC(C)(C)OC(=O)Oc1ccc(C(C(C)COC(=O)CC(C)C)[C@H](N)C(=O)O)cc1OC(=O)OC(C)(C)CC. The van der Waals surface area contributed by atoms with Crippen LogP contribution in [0.2, 0.25) is 0 Å². The molecular weight excluding hydrogens is 522 g/mol. The smallest absolute Gasteiger partial charge is 0.480 e. The molecule has 2 unspecified atom stereocenters. The molecule has 226 valence electrons. The van der Waals surface area contributed by atoms with Gasteiger partial charge in [-0.2, -0.15) is 0 Å². The van der Waals surface area contributed by atoms with Gasteiger partial charge < -0.3 is 34.5 Å². The van der Waals surface area contributed by atoms with E-state index in [2.05, 4.69) is 0 Å². The van der Waals surface area contributed by atoms with Gasteiger partial charge in [0.15, 0.2) is 11.5 Å². The van der Waals surface area contributed by atoms with Crippen LogP contribution < -0.4 is 15.2 Å². The Hall–Kier alpha value is -3.34. The third kappa shape index (κ3) is 11.4. The van der Waals surface area contributed by atoms with Crippen molar-refractivity contribution in [3.05, 3.63) is 23.8 Å². The second kappa shape index (κ2) is 14.9. The van der Waals surface area contributed by atoms with Crippen LogP contribution in [0.3, 0.4) is 0 Å². The highest BCUT2D eigenvalue weighted by Crippen LogP contribution is 2.36. The predicted octanol–water partition coefficient (Wildman–Crippen LogP) is 5.82. The minimum atomic E-state index is -1.39. The largest absolute Gasteiger partial charge is 0.514 e. The molecule has 0 saturated heterocycles. The molecule has 0 aromatic heterocycles. The molecule has 0 spiro atoms. The van der Waals surface area contributed by atoms with E-state index in [-0.39, 0.29) is 30.4 Å². The number of hydrogen-bond donors (Lipinski definition) is 2. The molecule has 40 heavy (non-hydrogen) atoms.